The zero-order valence-corrected chi connectivity index (χ0v) is 15.4. The van der Waals surface area contributed by atoms with Crippen molar-refractivity contribution in [1.82, 2.24) is 4.90 Å². The third-order valence-electron chi connectivity index (χ3n) is 5.43. The molecule has 0 bridgehead atoms. The molecule has 0 spiro atoms. The van der Waals surface area contributed by atoms with Gasteiger partial charge in [0, 0.05) is 11.1 Å². The number of fused-ring (bicyclic) bond motifs is 1. The Hall–Kier alpha value is -2.14. The van der Waals surface area contributed by atoms with Gasteiger partial charge in [0.25, 0.3) is 0 Å². The average Bonchev–Trinajstić information content (AvgIpc) is 3.24. The summed E-state index contributed by atoms with van der Waals surface area (Å²) < 4.78 is 92.6. The molecule has 0 radical (unpaired) electrons. The highest BCUT2D eigenvalue weighted by atomic mass is 19.4. The van der Waals surface area contributed by atoms with E-state index in [0.717, 1.165) is 12.1 Å². The smallest absolute Gasteiger partial charge is 0.394 e. The number of hydrogen-bond acceptors (Lipinski definition) is 4. The molecule has 4 rings (SSSR count). The first kappa shape index (κ1) is 21.1. The number of halogens is 6. The van der Waals surface area contributed by atoms with Crippen LogP contribution in [0.2, 0.25) is 0 Å². The van der Waals surface area contributed by atoms with E-state index >= 15 is 0 Å². The summed E-state index contributed by atoms with van der Waals surface area (Å²) >= 11 is 0. The number of benzene rings is 2. The molecule has 162 valence electrons. The Morgan fingerprint density at radius 2 is 1.20 bits per heavy atom. The first-order valence-electron chi connectivity index (χ1n) is 9.03. The minimum absolute atomic E-state index is 0.189. The molecule has 2 heterocycles. The summed E-state index contributed by atoms with van der Waals surface area (Å²) in [5, 5.41) is 9.97. The van der Waals surface area contributed by atoms with Crippen LogP contribution >= 0.6 is 0 Å². The SMILES string of the molecule is OC[C@]12CO[C@H](c3ccccc3C(F)(F)F)N1[C@H](c1ccccc1C(F)(F)F)OC2. The molecule has 4 nitrogen and oxygen atoms in total. The van der Waals surface area contributed by atoms with Crippen molar-refractivity contribution in [3.63, 3.8) is 0 Å². The highest BCUT2D eigenvalue weighted by Crippen LogP contribution is 2.52. The van der Waals surface area contributed by atoms with E-state index in [2.05, 4.69) is 0 Å². The molecule has 2 saturated heterocycles. The van der Waals surface area contributed by atoms with E-state index in [1.165, 1.54) is 41.3 Å². The van der Waals surface area contributed by atoms with Crippen LogP contribution in [0.1, 0.15) is 34.7 Å². The fraction of sp³-hybridized carbons (Fsp3) is 0.400. The lowest BCUT2D eigenvalue weighted by Crippen LogP contribution is -2.48. The second kappa shape index (κ2) is 7.23. The lowest BCUT2D eigenvalue weighted by Gasteiger charge is -2.34. The maximum atomic E-state index is 13.6. The van der Waals surface area contributed by atoms with Gasteiger partial charge < -0.3 is 14.6 Å². The predicted octanol–water partition coefficient (Wildman–Crippen LogP) is 4.52. The summed E-state index contributed by atoms with van der Waals surface area (Å²) in [6.45, 7) is -0.932. The lowest BCUT2D eigenvalue weighted by atomic mass is 9.98. The highest BCUT2D eigenvalue weighted by molar-refractivity contribution is 5.36. The quantitative estimate of drug-likeness (QED) is 0.724. The normalized spacial score (nSPS) is 27.4. The summed E-state index contributed by atoms with van der Waals surface area (Å²) in [5.74, 6) is 0. The van der Waals surface area contributed by atoms with Gasteiger partial charge in [-0.2, -0.15) is 26.3 Å². The van der Waals surface area contributed by atoms with Crippen LogP contribution in [0.15, 0.2) is 48.5 Å². The summed E-state index contributed by atoms with van der Waals surface area (Å²) in [4.78, 5) is 1.28. The molecule has 30 heavy (non-hydrogen) atoms. The average molecular weight is 433 g/mol. The van der Waals surface area contributed by atoms with Gasteiger partial charge in [-0.3, -0.25) is 0 Å². The zero-order valence-electron chi connectivity index (χ0n) is 15.4. The van der Waals surface area contributed by atoms with Gasteiger partial charge in [0.2, 0.25) is 0 Å². The van der Waals surface area contributed by atoms with Crippen molar-refractivity contribution in [2.24, 2.45) is 0 Å². The van der Waals surface area contributed by atoms with Crippen LogP contribution in [0, 0.1) is 0 Å². The standard InChI is InChI=1S/C20H17F6NO3/c21-19(22,23)14-7-3-1-5-12(14)16-27-17(30-11-18(27,9-28)10-29-16)13-6-2-4-8-15(13)20(24,25)26/h1-8,16-17,28H,9-11H2/t16-,17+,18-. The Kier molecular flexibility index (Phi) is 5.08. The van der Waals surface area contributed by atoms with Crippen LogP contribution in [0.3, 0.4) is 0 Å². The number of aliphatic hydroxyl groups is 1. The van der Waals surface area contributed by atoms with Gasteiger partial charge in [-0.1, -0.05) is 36.4 Å². The van der Waals surface area contributed by atoms with Crippen molar-refractivity contribution in [1.29, 1.82) is 0 Å². The van der Waals surface area contributed by atoms with Crippen LogP contribution < -0.4 is 0 Å². The monoisotopic (exact) mass is 433 g/mol. The summed E-state index contributed by atoms with van der Waals surface area (Å²) in [7, 11) is 0. The number of ether oxygens (including phenoxy) is 2. The molecule has 2 aromatic rings. The van der Waals surface area contributed by atoms with Gasteiger partial charge in [0.15, 0.2) is 0 Å². The second-order valence-corrected chi connectivity index (χ2v) is 7.29. The lowest BCUT2D eigenvalue weighted by molar-refractivity contribution is -0.143. The van der Waals surface area contributed by atoms with E-state index in [0.29, 0.717) is 0 Å². The van der Waals surface area contributed by atoms with E-state index in [-0.39, 0.29) is 24.3 Å². The molecule has 2 aliphatic rings. The maximum Gasteiger partial charge on any atom is 0.416 e. The molecule has 0 amide bonds. The fourth-order valence-corrected chi connectivity index (χ4v) is 4.03. The number of aliphatic hydroxyl groups excluding tert-OH is 1. The largest absolute Gasteiger partial charge is 0.416 e. The molecule has 2 aromatic carbocycles. The summed E-state index contributed by atoms with van der Waals surface area (Å²) in [6.07, 6.45) is -12.1. The third-order valence-corrected chi connectivity index (χ3v) is 5.43. The van der Waals surface area contributed by atoms with Crippen molar-refractivity contribution >= 4 is 0 Å². The Balaban J connectivity index is 1.83. The van der Waals surface area contributed by atoms with E-state index < -0.39 is 48.1 Å². The highest BCUT2D eigenvalue weighted by Gasteiger charge is 2.58. The van der Waals surface area contributed by atoms with Crippen molar-refractivity contribution in [3.8, 4) is 0 Å². The van der Waals surface area contributed by atoms with Crippen LogP contribution in [-0.4, -0.2) is 35.4 Å². The number of rotatable bonds is 3. The van der Waals surface area contributed by atoms with Crippen molar-refractivity contribution < 1.29 is 40.9 Å². The molecule has 0 unspecified atom stereocenters. The molecule has 1 N–H and O–H groups in total. The van der Waals surface area contributed by atoms with Crippen molar-refractivity contribution in [3.05, 3.63) is 70.8 Å². The molecular weight excluding hydrogens is 416 g/mol. The van der Waals surface area contributed by atoms with Gasteiger partial charge >= 0.3 is 12.4 Å². The summed E-state index contributed by atoms with van der Waals surface area (Å²) in [6, 6.07) is 9.42. The first-order valence-corrected chi connectivity index (χ1v) is 9.03. The van der Waals surface area contributed by atoms with E-state index in [1.807, 2.05) is 0 Å². The molecule has 0 saturated carbocycles. The van der Waals surface area contributed by atoms with Crippen molar-refractivity contribution in [2.75, 3.05) is 19.8 Å². The van der Waals surface area contributed by atoms with Crippen LogP contribution in [0.4, 0.5) is 26.3 Å². The molecular formula is C20H17F6NO3. The molecule has 2 aliphatic heterocycles. The van der Waals surface area contributed by atoms with Gasteiger partial charge in [0.1, 0.15) is 12.5 Å². The van der Waals surface area contributed by atoms with E-state index in [4.69, 9.17) is 9.47 Å². The minimum atomic E-state index is -4.69. The Morgan fingerprint density at radius 3 is 1.57 bits per heavy atom. The van der Waals surface area contributed by atoms with Gasteiger partial charge in [-0.25, -0.2) is 4.90 Å². The fourth-order valence-electron chi connectivity index (χ4n) is 4.03. The first-order chi connectivity index (χ1) is 14.1. The van der Waals surface area contributed by atoms with Crippen LogP contribution in [0.25, 0.3) is 0 Å². The minimum Gasteiger partial charge on any atom is -0.394 e. The maximum absolute atomic E-state index is 13.6. The van der Waals surface area contributed by atoms with Gasteiger partial charge in [-0.05, 0) is 12.1 Å². The Bertz CT molecular complexity index is 860. The van der Waals surface area contributed by atoms with Crippen LogP contribution in [-0.2, 0) is 21.8 Å². The molecule has 2 fully saturated rings. The zero-order chi connectivity index (χ0) is 21.7. The Labute approximate surface area is 167 Å². The second-order valence-electron chi connectivity index (χ2n) is 7.29. The van der Waals surface area contributed by atoms with E-state index in [9.17, 15) is 31.4 Å². The predicted molar refractivity (Wildman–Crippen MR) is 91.9 cm³/mol. The Morgan fingerprint density at radius 1 is 0.800 bits per heavy atom. The third kappa shape index (κ3) is 3.37. The van der Waals surface area contributed by atoms with Gasteiger partial charge in [-0.15, -0.1) is 0 Å². The number of alkyl halides is 6. The van der Waals surface area contributed by atoms with Gasteiger partial charge in [0.05, 0.1) is 36.5 Å². The summed E-state index contributed by atoms with van der Waals surface area (Å²) in [5.41, 5.74) is -3.68. The molecule has 0 aromatic heterocycles. The van der Waals surface area contributed by atoms with Crippen molar-refractivity contribution in [2.45, 2.75) is 30.3 Å². The number of hydrogen-bond donors (Lipinski definition) is 1. The van der Waals surface area contributed by atoms with E-state index in [1.54, 1.807) is 0 Å². The molecule has 10 heteroatoms. The topological polar surface area (TPSA) is 41.9 Å². The van der Waals surface area contributed by atoms with Crippen LogP contribution in [0.5, 0.6) is 0 Å². The molecule has 0 aliphatic carbocycles. The molecule has 3 atom stereocenters. The number of nitrogens with zero attached hydrogens (tertiary/aromatic N) is 1.